The number of rotatable bonds is 9. The van der Waals surface area contributed by atoms with E-state index < -0.39 is 6.09 Å². The minimum absolute atomic E-state index is 0.0450. The van der Waals surface area contributed by atoms with E-state index in [0.717, 1.165) is 29.9 Å². The van der Waals surface area contributed by atoms with Crippen LogP contribution in [0, 0.1) is 0 Å². The monoisotopic (exact) mass is 516 g/mol. The first-order valence-electron chi connectivity index (χ1n) is 12.7. The Morgan fingerprint density at radius 2 is 1.97 bits per heavy atom. The fraction of sp³-hybridized carbons (Fsp3) is 0.333. The molecule has 2 saturated heterocycles. The van der Waals surface area contributed by atoms with E-state index in [9.17, 15) is 9.59 Å². The van der Waals surface area contributed by atoms with E-state index in [-0.39, 0.29) is 24.7 Å². The molecule has 5 heterocycles. The van der Waals surface area contributed by atoms with Gasteiger partial charge in [0.05, 0.1) is 12.2 Å². The van der Waals surface area contributed by atoms with E-state index in [1.165, 1.54) is 4.90 Å². The summed E-state index contributed by atoms with van der Waals surface area (Å²) >= 11 is 0. The SMILES string of the molecule is O=C1COc2ccc(N3CC(CCNCc4cccc(-c5cccc(OC6CNC6)n5)c4)OC3=O)nc2N1. The van der Waals surface area contributed by atoms with E-state index in [0.29, 0.717) is 49.3 Å². The summed E-state index contributed by atoms with van der Waals surface area (Å²) in [6.45, 7) is 3.40. The fourth-order valence-corrected chi connectivity index (χ4v) is 4.46. The van der Waals surface area contributed by atoms with Gasteiger partial charge in [-0.2, -0.15) is 0 Å². The van der Waals surface area contributed by atoms with Gasteiger partial charge in [-0.1, -0.05) is 24.3 Å². The Morgan fingerprint density at radius 3 is 2.84 bits per heavy atom. The molecule has 1 atom stereocenters. The minimum Gasteiger partial charge on any atom is -0.480 e. The molecule has 3 aliphatic heterocycles. The van der Waals surface area contributed by atoms with Crippen LogP contribution in [-0.2, 0) is 16.1 Å². The smallest absolute Gasteiger partial charge is 0.415 e. The van der Waals surface area contributed by atoms with Gasteiger partial charge in [-0.15, -0.1) is 0 Å². The summed E-state index contributed by atoms with van der Waals surface area (Å²) in [4.78, 5) is 34.5. The maximum Gasteiger partial charge on any atom is 0.415 e. The fourth-order valence-electron chi connectivity index (χ4n) is 4.46. The lowest BCUT2D eigenvalue weighted by Gasteiger charge is -2.27. The number of carbonyl (C=O) groups is 2. The number of ether oxygens (including phenoxy) is 3. The molecule has 3 aromatic rings. The number of hydrogen-bond acceptors (Lipinski definition) is 9. The lowest BCUT2D eigenvalue weighted by atomic mass is 10.1. The van der Waals surface area contributed by atoms with E-state index in [1.807, 2.05) is 30.3 Å². The molecule has 196 valence electrons. The Labute approximate surface area is 219 Å². The quantitative estimate of drug-likeness (QED) is 0.367. The Kier molecular flexibility index (Phi) is 6.76. The average molecular weight is 517 g/mol. The predicted octanol–water partition coefficient (Wildman–Crippen LogP) is 2.33. The molecule has 2 amide bonds. The molecule has 1 aromatic carbocycles. The molecule has 0 saturated carbocycles. The summed E-state index contributed by atoms with van der Waals surface area (Å²) in [7, 11) is 0. The van der Waals surface area contributed by atoms with Gasteiger partial charge in [0.1, 0.15) is 18.0 Å². The van der Waals surface area contributed by atoms with E-state index in [2.05, 4.69) is 38.1 Å². The molecule has 0 radical (unpaired) electrons. The third-order valence-electron chi connectivity index (χ3n) is 6.56. The molecule has 0 aliphatic carbocycles. The number of nitrogens with one attached hydrogen (secondary N) is 3. The predicted molar refractivity (Wildman–Crippen MR) is 139 cm³/mol. The minimum atomic E-state index is -0.453. The van der Waals surface area contributed by atoms with Gasteiger partial charge in [0, 0.05) is 31.3 Å². The molecule has 2 aromatic heterocycles. The molecule has 0 bridgehead atoms. The number of aromatic nitrogens is 2. The van der Waals surface area contributed by atoms with Crippen molar-refractivity contribution in [2.75, 3.05) is 43.0 Å². The van der Waals surface area contributed by atoms with Crippen molar-refractivity contribution in [3.8, 4) is 22.9 Å². The number of amides is 2. The molecule has 0 spiro atoms. The third kappa shape index (κ3) is 5.38. The summed E-state index contributed by atoms with van der Waals surface area (Å²) in [6, 6.07) is 17.5. The summed E-state index contributed by atoms with van der Waals surface area (Å²) < 4.78 is 16.8. The van der Waals surface area contributed by atoms with Gasteiger partial charge in [0.2, 0.25) is 5.88 Å². The number of nitrogens with zero attached hydrogens (tertiary/aromatic N) is 3. The molecule has 3 aliphatic rings. The number of anilines is 2. The topological polar surface area (TPSA) is 127 Å². The lowest BCUT2D eigenvalue weighted by molar-refractivity contribution is -0.118. The van der Waals surface area contributed by atoms with Crippen LogP contribution < -0.4 is 30.3 Å². The first kappa shape index (κ1) is 24.1. The summed E-state index contributed by atoms with van der Waals surface area (Å²) in [5, 5.41) is 9.29. The van der Waals surface area contributed by atoms with Gasteiger partial charge in [0.15, 0.2) is 18.2 Å². The largest absolute Gasteiger partial charge is 0.480 e. The highest BCUT2D eigenvalue weighted by atomic mass is 16.6. The Balaban J connectivity index is 1.00. The van der Waals surface area contributed by atoms with Crippen molar-refractivity contribution in [2.45, 2.75) is 25.2 Å². The van der Waals surface area contributed by atoms with Crippen molar-refractivity contribution in [1.82, 2.24) is 20.6 Å². The molecule has 3 N–H and O–H groups in total. The zero-order valence-electron chi connectivity index (χ0n) is 20.7. The maximum absolute atomic E-state index is 12.5. The average Bonchev–Trinajstić information content (AvgIpc) is 3.29. The van der Waals surface area contributed by atoms with Gasteiger partial charge in [-0.25, -0.2) is 14.8 Å². The lowest BCUT2D eigenvalue weighted by Crippen LogP contribution is -2.50. The molecular formula is C27H28N6O5. The third-order valence-corrected chi connectivity index (χ3v) is 6.56. The highest BCUT2D eigenvalue weighted by molar-refractivity contribution is 5.95. The van der Waals surface area contributed by atoms with Crippen LogP contribution in [-0.4, -0.2) is 67.0 Å². The molecule has 6 rings (SSSR count). The van der Waals surface area contributed by atoms with Crippen LogP contribution in [0.3, 0.4) is 0 Å². The molecule has 38 heavy (non-hydrogen) atoms. The van der Waals surface area contributed by atoms with Crippen LogP contribution in [0.15, 0.2) is 54.6 Å². The summed E-state index contributed by atoms with van der Waals surface area (Å²) in [6.07, 6.45) is 0.128. The molecule has 11 heteroatoms. The first-order chi connectivity index (χ1) is 18.6. The number of cyclic esters (lactones) is 1. The maximum atomic E-state index is 12.5. The highest BCUT2D eigenvalue weighted by Crippen LogP contribution is 2.30. The van der Waals surface area contributed by atoms with Crippen LogP contribution in [0.4, 0.5) is 16.4 Å². The zero-order chi connectivity index (χ0) is 25.9. The van der Waals surface area contributed by atoms with E-state index in [1.54, 1.807) is 12.1 Å². The Hall–Kier alpha value is -4.22. The van der Waals surface area contributed by atoms with Crippen LogP contribution in [0.25, 0.3) is 11.3 Å². The van der Waals surface area contributed by atoms with Crippen LogP contribution in [0.2, 0.25) is 0 Å². The number of benzene rings is 1. The zero-order valence-corrected chi connectivity index (χ0v) is 20.7. The van der Waals surface area contributed by atoms with Gasteiger partial charge >= 0.3 is 6.09 Å². The second-order valence-corrected chi connectivity index (χ2v) is 9.39. The second kappa shape index (κ2) is 10.6. The Morgan fingerprint density at radius 1 is 1.08 bits per heavy atom. The normalized spacial score (nSPS) is 18.7. The van der Waals surface area contributed by atoms with Crippen LogP contribution >= 0.6 is 0 Å². The van der Waals surface area contributed by atoms with Crippen LogP contribution in [0.1, 0.15) is 12.0 Å². The van der Waals surface area contributed by atoms with Crippen molar-refractivity contribution < 1.29 is 23.8 Å². The molecule has 2 fully saturated rings. The van der Waals surface area contributed by atoms with Gasteiger partial charge in [0.25, 0.3) is 5.91 Å². The first-order valence-corrected chi connectivity index (χ1v) is 12.7. The molecular weight excluding hydrogens is 488 g/mol. The number of pyridine rings is 2. The number of hydrogen-bond donors (Lipinski definition) is 3. The van der Waals surface area contributed by atoms with E-state index >= 15 is 0 Å². The Bertz CT molecular complexity index is 1350. The number of fused-ring (bicyclic) bond motifs is 1. The van der Waals surface area contributed by atoms with E-state index in [4.69, 9.17) is 14.2 Å². The van der Waals surface area contributed by atoms with Crippen molar-refractivity contribution in [3.63, 3.8) is 0 Å². The van der Waals surface area contributed by atoms with Crippen molar-refractivity contribution in [2.24, 2.45) is 0 Å². The summed E-state index contributed by atoms with van der Waals surface area (Å²) in [5.41, 5.74) is 3.03. The molecule has 1 unspecified atom stereocenters. The van der Waals surface area contributed by atoms with Gasteiger partial charge < -0.3 is 30.2 Å². The van der Waals surface area contributed by atoms with Gasteiger partial charge in [-0.3, -0.25) is 9.69 Å². The highest BCUT2D eigenvalue weighted by Gasteiger charge is 2.33. The van der Waals surface area contributed by atoms with Crippen LogP contribution in [0.5, 0.6) is 11.6 Å². The summed E-state index contributed by atoms with van der Waals surface area (Å²) in [5.74, 6) is 1.57. The van der Waals surface area contributed by atoms with Gasteiger partial charge in [-0.05, 0) is 42.8 Å². The molecule has 11 nitrogen and oxygen atoms in total. The van der Waals surface area contributed by atoms with Crippen molar-refractivity contribution in [1.29, 1.82) is 0 Å². The number of carbonyl (C=O) groups excluding carboxylic acids is 2. The van der Waals surface area contributed by atoms with Crippen molar-refractivity contribution >= 4 is 23.6 Å². The van der Waals surface area contributed by atoms with Crippen molar-refractivity contribution in [3.05, 3.63) is 60.2 Å². The standard InChI is InChI=1S/C27H28N6O5/c34-24-16-36-22-7-8-23(31-26(22)32-24)33-15-19(38-27(33)35)9-10-28-12-17-3-1-4-18(11-17)21-5-2-6-25(30-21)37-20-13-29-14-20/h1-8,11,19-20,28-29H,9-10,12-16H2,(H,31,32,34). The second-order valence-electron chi connectivity index (χ2n) is 9.39.